The Morgan fingerprint density at radius 1 is 1.19 bits per heavy atom. The average molecular weight is 296 g/mol. The van der Waals surface area contributed by atoms with E-state index in [9.17, 15) is 0 Å². The monoisotopic (exact) mass is 295 g/mol. The van der Waals surface area contributed by atoms with E-state index in [2.05, 4.69) is 50.0 Å². The van der Waals surface area contributed by atoms with Gasteiger partial charge in [-0.3, -0.25) is 0 Å². The summed E-state index contributed by atoms with van der Waals surface area (Å²) in [5.74, 6) is 2.65. The normalized spacial score (nSPS) is 35.0. The Bertz CT molecular complexity index is 303. The van der Waals surface area contributed by atoms with Crippen LogP contribution in [-0.4, -0.2) is 62.2 Å². The van der Waals surface area contributed by atoms with Crippen LogP contribution in [0.15, 0.2) is 0 Å². The third-order valence-electron chi connectivity index (χ3n) is 5.90. The van der Waals surface area contributed by atoms with Crippen LogP contribution in [0.25, 0.3) is 0 Å². The third-order valence-corrected chi connectivity index (χ3v) is 5.90. The molecule has 0 bridgehead atoms. The summed E-state index contributed by atoms with van der Waals surface area (Å²) in [6.45, 7) is 12.1. The number of hydrogen-bond donors (Lipinski definition) is 1. The molecule has 2 aliphatic rings. The Morgan fingerprint density at radius 3 is 2.52 bits per heavy atom. The molecule has 4 unspecified atom stereocenters. The van der Waals surface area contributed by atoms with Crippen molar-refractivity contribution in [2.45, 2.75) is 58.5 Å². The molecular formula is C18H37N3. The molecule has 0 spiro atoms. The first kappa shape index (κ1) is 17.2. The van der Waals surface area contributed by atoms with Crippen LogP contribution in [0.3, 0.4) is 0 Å². The first-order valence-corrected chi connectivity index (χ1v) is 9.13. The van der Waals surface area contributed by atoms with Gasteiger partial charge in [-0.25, -0.2) is 0 Å². The van der Waals surface area contributed by atoms with E-state index in [0.29, 0.717) is 0 Å². The number of hydrogen-bond acceptors (Lipinski definition) is 3. The molecule has 4 atom stereocenters. The van der Waals surface area contributed by atoms with Gasteiger partial charge in [-0.1, -0.05) is 20.8 Å². The molecule has 0 radical (unpaired) electrons. The molecule has 1 N–H and O–H groups in total. The summed E-state index contributed by atoms with van der Waals surface area (Å²) in [5.41, 5.74) is 0. The van der Waals surface area contributed by atoms with Gasteiger partial charge in [-0.15, -0.1) is 0 Å². The number of likely N-dealkylation sites (tertiary alicyclic amines) is 1. The highest BCUT2D eigenvalue weighted by atomic mass is 15.2. The fourth-order valence-corrected chi connectivity index (χ4v) is 4.37. The van der Waals surface area contributed by atoms with Gasteiger partial charge >= 0.3 is 0 Å². The maximum absolute atomic E-state index is 3.76. The molecule has 3 nitrogen and oxygen atoms in total. The summed E-state index contributed by atoms with van der Waals surface area (Å²) in [6.07, 6.45) is 5.58. The van der Waals surface area contributed by atoms with E-state index in [4.69, 9.17) is 0 Å². The average Bonchev–Trinajstić information content (AvgIpc) is 2.89. The Balaban J connectivity index is 1.90. The van der Waals surface area contributed by atoms with Crippen LogP contribution in [0.5, 0.6) is 0 Å². The van der Waals surface area contributed by atoms with E-state index in [1.54, 1.807) is 0 Å². The van der Waals surface area contributed by atoms with Gasteiger partial charge in [0.15, 0.2) is 0 Å². The van der Waals surface area contributed by atoms with Crippen molar-refractivity contribution in [2.75, 3.05) is 40.3 Å². The van der Waals surface area contributed by atoms with Crippen LogP contribution < -0.4 is 5.32 Å². The summed E-state index contributed by atoms with van der Waals surface area (Å²) < 4.78 is 0. The van der Waals surface area contributed by atoms with E-state index in [1.807, 2.05) is 0 Å². The van der Waals surface area contributed by atoms with Gasteiger partial charge in [0.25, 0.3) is 0 Å². The molecule has 21 heavy (non-hydrogen) atoms. The highest BCUT2D eigenvalue weighted by Gasteiger charge is 2.34. The summed E-state index contributed by atoms with van der Waals surface area (Å²) >= 11 is 0. The van der Waals surface area contributed by atoms with Crippen molar-refractivity contribution in [2.24, 2.45) is 17.8 Å². The van der Waals surface area contributed by atoms with E-state index >= 15 is 0 Å². The molecule has 0 aromatic heterocycles. The van der Waals surface area contributed by atoms with Crippen LogP contribution in [0.2, 0.25) is 0 Å². The zero-order chi connectivity index (χ0) is 15.4. The van der Waals surface area contributed by atoms with Crippen molar-refractivity contribution in [1.82, 2.24) is 15.1 Å². The van der Waals surface area contributed by atoms with Crippen LogP contribution in [0, 0.1) is 17.8 Å². The predicted molar refractivity (Wildman–Crippen MR) is 91.7 cm³/mol. The Labute approximate surface area is 132 Å². The van der Waals surface area contributed by atoms with Crippen LogP contribution in [0.4, 0.5) is 0 Å². The highest BCUT2D eigenvalue weighted by Crippen LogP contribution is 2.35. The fraction of sp³-hybridized carbons (Fsp3) is 1.00. The van der Waals surface area contributed by atoms with Crippen LogP contribution >= 0.6 is 0 Å². The van der Waals surface area contributed by atoms with Crippen LogP contribution in [-0.2, 0) is 0 Å². The minimum absolute atomic E-state index is 0.753. The maximum atomic E-state index is 3.76. The highest BCUT2D eigenvalue weighted by molar-refractivity contribution is 4.90. The summed E-state index contributed by atoms with van der Waals surface area (Å²) in [7, 11) is 4.45. The molecule has 124 valence electrons. The quantitative estimate of drug-likeness (QED) is 0.813. The molecule has 2 rings (SSSR count). The first-order chi connectivity index (χ1) is 10.0. The van der Waals surface area contributed by atoms with Gasteiger partial charge in [0.05, 0.1) is 0 Å². The van der Waals surface area contributed by atoms with Crippen molar-refractivity contribution in [3.63, 3.8) is 0 Å². The lowest BCUT2D eigenvalue weighted by atomic mass is 9.73. The number of nitrogens with one attached hydrogen (secondary N) is 1. The zero-order valence-corrected chi connectivity index (χ0v) is 14.9. The summed E-state index contributed by atoms with van der Waals surface area (Å²) in [4.78, 5) is 5.13. The van der Waals surface area contributed by atoms with E-state index in [-0.39, 0.29) is 0 Å². The molecule has 0 amide bonds. The minimum atomic E-state index is 0.753. The van der Waals surface area contributed by atoms with Crippen molar-refractivity contribution in [1.29, 1.82) is 0 Å². The molecule has 3 heteroatoms. The number of nitrogens with zero attached hydrogens (tertiary/aromatic N) is 2. The third kappa shape index (κ3) is 4.67. The largest absolute Gasteiger partial charge is 0.314 e. The maximum Gasteiger partial charge on any atom is 0.0229 e. The molecule has 0 aromatic carbocycles. The molecule has 1 heterocycles. The first-order valence-electron chi connectivity index (χ1n) is 9.13. The topological polar surface area (TPSA) is 18.5 Å². The van der Waals surface area contributed by atoms with Crippen molar-refractivity contribution in [3.05, 3.63) is 0 Å². The second-order valence-electron chi connectivity index (χ2n) is 7.91. The molecule has 2 fully saturated rings. The second-order valence-corrected chi connectivity index (χ2v) is 7.91. The Hall–Kier alpha value is -0.120. The van der Waals surface area contributed by atoms with Gasteiger partial charge < -0.3 is 15.1 Å². The zero-order valence-electron chi connectivity index (χ0n) is 14.9. The Kier molecular flexibility index (Phi) is 6.51. The molecular weight excluding hydrogens is 258 g/mol. The molecule has 1 saturated carbocycles. The van der Waals surface area contributed by atoms with Crippen molar-refractivity contribution in [3.8, 4) is 0 Å². The van der Waals surface area contributed by atoms with Gasteiger partial charge in [0.1, 0.15) is 0 Å². The lowest BCUT2D eigenvalue weighted by molar-refractivity contribution is 0.129. The molecule has 1 saturated heterocycles. The van der Waals surface area contributed by atoms with Gasteiger partial charge in [0, 0.05) is 25.2 Å². The summed E-state index contributed by atoms with van der Waals surface area (Å²) in [5, 5.41) is 3.76. The minimum Gasteiger partial charge on any atom is -0.314 e. The molecule has 0 aromatic rings. The molecule has 1 aliphatic heterocycles. The number of likely N-dealkylation sites (N-methyl/N-ethyl adjacent to an activating group) is 1. The van der Waals surface area contributed by atoms with Gasteiger partial charge in [0.2, 0.25) is 0 Å². The standard InChI is InChI=1S/C18H37N3/c1-6-19-18-8-7-15(14(2)3)11-16(18)12-21-10-9-17(13-21)20(4)5/h14-19H,6-13H2,1-5H3. The second kappa shape index (κ2) is 7.94. The summed E-state index contributed by atoms with van der Waals surface area (Å²) in [6, 6.07) is 1.52. The number of rotatable bonds is 6. The van der Waals surface area contributed by atoms with E-state index in [1.165, 1.54) is 45.3 Å². The smallest absolute Gasteiger partial charge is 0.0229 e. The van der Waals surface area contributed by atoms with E-state index in [0.717, 1.165) is 36.4 Å². The lowest BCUT2D eigenvalue weighted by Gasteiger charge is -2.40. The Morgan fingerprint density at radius 2 is 1.95 bits per heavy atom. The van der Waals surface area contributed by atoms with E-state index < -0.39 is 0 Å². The van der Waals surface area contributed by atoms with Gasteiger partial charge in [-0.05, 0) is 70.6 Å². The molecule has 1 aliphatic carbocycles. The predicted octanol–water partition coefficient (Wildman–Crippen LogP) is 2.67. The van der Waals surface area contributed by atoms with Gasteiger partial charge in [-0.2, -0.15) is 0 Å². The van der Waals surface area contributed by atoms with Crippen molar-refractivity contribution < 1.29 is 0 Å². The van der Waals surface area contributed by atoms with Crippen molar-refractivity contribution >= 4 is 0 Å². The fourth-order valence-electron chi connectivity index (χ4n) is 4.37. The van der Waals surface area contributed by atoms with Crippen LogP contribution in [0.1, 0.15) is 46.5 Å². The SMILES string of the molecule is CCNC1CCC(C(C)C)CC1CN1CCC(N(C)C)C1. The lowest BCUT2D eigenvalue weighted by Crippen LogP contribution is -2.46.